The zero-order valence-corrected chi connectivity index (χ0v) is 10.9. The molecule has 1 rings (SSSR count). The third-order valence-electron chi connectivity index (χ3n) is 2.13. The van der Waals surface area contributed by atoms with Crippen molar-refractivity contribution in [3.63, 3.8) is 0 Å². The van der Waals surface area contributed by atoms with Crippen LogP contribution >= 0.6 is 15.9 Å². The van der Waals surface area contributed by atoms with E-state index >= 15 is 0 Å². The highest BCUT2D eigenvalue weighted by molar-refractivity contribution is 9.10. The minimum atomic E-state index is -4.66. The molecule has 0 bridgehead atoms. The van der Waals surface area contributed by atoms with Gasteiger partial charge in [-0.25, -0.2) is 4.79 Å². The highest BCUT2D eigenvalue weighted by Gasteiger charge is 2.37. The minimum absolute atomic E-state index is 0.0201. The molecule has 1 aromatic carbocycles. The molecule has 0 aliphatic rings. The monoisotopic (exact) mass is 326 g/mol. The Labute approximate surface area is 110 Å². The third-order valence-corrected chi connectivity index (χ3v) is 2.62. The maximum absolute atomic E-state index is 12.8. The predicted molar refractivity (Wildman–Crippen MR) is 60.7 cm³/mol. The van der Waals surface area contributed by atoms with Crippen LogP contribution in [0.1, 0.15) is 24.2 Å². The van der Waals surface area contributed by atoms with Crippen LogP contribution in [0.4, 0.5) is 13.2 Å². The summed E-state index contributed by atoms with van der Waals surface area (Å²) < 4.78 is 43.0. The molecule has 1 atom stereocenters. The van der Waals surface area contributed by atoms with Crippen LogP contribution in [0.2, 0.25) is 0 Å². The molecule has 1 aromatic rings. The highest BCUT2D eigenvalue weighted by atomic mass is 79.9. The fourth-order valence-corrected chi connectivity index (χ4v) is 1.72. The van der Waals surface area contributed by atoms with Gasteiger partial charge in [-0.2, -0.15) is 13.2 Å². The van der Waals surface area contributed by atoms with Crippen molar-refractivity contribution in [2.75, 3.05) is 6.61 Å². The maximum atomic E-state index is 12.8. The number of aliphatic hydroxyl groups excluding tert-OH is 1. The van der Waals surface area contributed by atoms with Gasteiger partial charge >= 0.3 is 12.1 Å². The largest absolute Gasteiger partial charge is 0.464 e. The van der Waals surface area contributed by atoms with E-state index < -0.39 is 29.4 Å². The first-order valence-corrected chi connectivity index (χ1v) is 5.78. The number of esters is 1. The van der Waals surface area contributed by atoms with E-state index in [9.17, 15) is 23.1 Å². The minimum Gasteiger partial charge on any atom is -0.464 e. The summed E-state index contributed by atoms with van der Waals surface area (Å²) >= 11 is 2.91. The molecule has 0 spiro atoms. The van der Waals surface area contributed by atoms with Crippen molar-refractivity contribution in [2.24, 2.45) is 0 Å². The molecule has 1 unspecified atom stereocenters. The number of aliphatic hydroxyl groups is 1. The summed E-state index contributed by atoms with van der Waals surface area (Å²) in [7, 11) is 0. The van der Waals surface area contributed by atoms with E-state index in [0.717, 1.165) is 12.1 Å². The zero-order valence-electron chi connectivity index (χ0n) is 9.29. The van der Waals surface area contributed by atoms with Gasteiger partial charge in [0, 0.05) is 10.0 Å². The van der Waals surface area contributed by atoms with Crippen LogP contribution in [0.25, 0.3) is 0 Å². The van der Waals surface area contributed by atoms with Crippen LogP contribution in [0, 0.1) is 0 Å². The van der Waals surface area contributed by atoms with Gasteiger partial charge in [-0.3, -0.25) is 0 Å². The molecule has 0 heterocycles. The van der Waals surface area contributed by atoms with Gasteiger partial charge in [0.05, 0.1) is 12.2 Å². The summed E-state index contributed by atoms with van der Waals surface area (Å²) in [6, 6.07) is 3.15. The first-order chi connectivity index (χ1) is 8.27. The SMILES string of the molecule is CCOC(=O)C(O)c1ccc(Br)cc1C(F)(F)F. The fourth-order valence-electron chi connectivity index (χ4n) is 1.36. The van der Waals surface area contributed by atoms with Gasteiger partial charge in [0.25, 0.3) is 0 Å². The Hall–Kier alpha value is -1.08. The molecular weight excluding hydrogens is 317 g/mol. The van der Waals surface area contributed by atoms with E-state index in [4.69, 9.17) is 0 Å². The summed E-state index contributed by atoms with van der Waals surface area (Å²) in [6.07, 6.45) is -6.61. The number of carbonyl (C=O) groups is 1. The lowest BCUT2D eigenvalue weighted by Crippen LogP contribution is -2.20. The number of hydrogen-bond donors (Lipinski definition) is 1. The Morgan fingerprint density at radius 1 is 1.50 bits per heavy atom. The topological polar surface area (TPSA) is 46.5 Å². The van der Waals surface area contributed by atoms with Gasteiger partial charge in [0.1, 0.15) is 0 Å². The van der Waals surface area contributed by atoms with Crippen LogP contribution in [-0.2, 0) is 15.7 Å². The third kappa shape index (κ3) is 3.46. The maximum Gasteiger partial charge on any atom is 0.416 e. The molecule has 7 heteroatoms. The smallest absolute Gasteiger partial charge is 0.416 e. The number of benzene rings is 1. The van der Waals surface area contributed by atoms with Crippen LogP contribution in [0.3, 0.4) is 0 Å². The zero-order chi connectivity index (χ0) is 13.9. The molecule has 18 heavy (non-hydrogen) atoms. The molecule has 100 valence electrons. The van der Waals surface area contributed by atoms with Gasteiger partial charge in [0.2, 0.25) is 0 Å². The van der Waals surface area contributed by atoms with E-state index in [1.807, 2.05) is 0 Å². The Bertz CT molecular complexity index is 446. The van der Waals surface area contributed by atoms with Crippen LogP contribution in [0.5, 0.6) is 0 Å². The number of hydrogen-bond acceptors (Lipinski definition) is 3. The summed E-state index contributed by atoms with van der Waals surface area (Å²) in [6.45, 7) is 1.48. The average Bonchev–Trinajstić information content (AvgIpc) is 2.27. The van der Waals surface area contributed by atoms with Crippen molar-refractivity contribution in [1.29, 1.82) is 0 Å². The number of ether oxygens (including phenoxy) is 1. The Balaban J connectivity index is 3.20. The standard InChI is InChI=1S/C11H10BrF3O3/c1-2-18-10(17)9(16)7-4-3-6(12)5-8(7)11(13,14)15/h3-5,9,16H,2H2,1H3. The molecule has 0 aliphatic carbocycles. The molecule has 0 saturated carbocycles. The second-order valence-electron chi connectivity index (χ2n) is 3.38. The summed E-state index contributed by atoms with van der Waals surface area (Å²) in [5.74, 6) is -1.11. The van der Waals surface area contributed by atoms with Gasteiger partial charge in [-0.05, 0) is 19.1 Å². The van der Waals surface area contributed by atoms with Gasteiger partial charge < -0.3 is 9.84 Å². The van der Waals surface area contributed by atoms with E-state index in [-0.39, 0.29) is 11.1 Å². The lowest BCUT2D eigenvalue weighted by Gasteiger charge is -2.16. The summed E-state index contributed by atoms with van der Waals surface area (Å²) in [5.41, 5.74) is -1.60. The van der Waals surface area contributed by atoms with Crippen molar-refractivity contribution < 1.29 is 27.8 Å². The van der Waals surface area contributed by atoms with E-state index in [1.165, 1.54) is 13.0 Å². The van der Waals surface area contributed by atoms with Crippen molar-refractivity contribution in [2.45, 2.75) is 19.2 Å². The fraction of sp³-hybridized carbons (Fsp3) is 0.364. The average molecular weight is 327 g/mol. The van der Waals surface area contributed by atoms with E-state index in [2.05, 4.69) is 20.7 Å². The van der Waals surface area contributed by atoms with E-state index in [1.54, 1.807) is 0 Å². The van der Waals surface area contributed by atoms with E-state index in [0.29, 0.717) is 0 Å². The lowest BCUT2D eigenvalue weighted by atomic mass is 10.0. The Kier molecular flexibility index (Phi) is 4.75. The Morgan fingerprint density at radius 3 is 2.61 bits per heavy atom. The second-order valence-corrected chi connectivity index (χ2v) is 4.30. The van der Waals surface area contributed by atoms with Crippen molar-refractivity contribution >= 4 is 21.9 Å². The molecule has 0 aliphatic heterocycles. The summed E-state index contributed by atoms with van der Waals surface area (Å²) in [4.78, 5) is 11.3. The lowest BCUT2D eigenvalue weighted by molar-refractivity contribution is -0.154. The van der Waals surface area contributed by atoms with Crippen molar-refractivity contribution in [3.8, 4) is 0 Å². The predicted octanol–water partition coefficient (Wildman–Crippen LogP) is 3.06. The summed E-state index contributed by atoms with van der Waals surface area (Å²) in [5, 5.41) is 9.57. The molecule has 0 amide bonds. The molecule has 1 N–H and O–H groups in total. The first-order valence-electron chi connectivity index (χ1n) is 4.98. The van der Waals surface area contributed by atoms with Gasteiger partial charge in [-0.15, -0.1) is 0 Å². The van der Waals surface area contributed by atoms with Crippen LogP contribution in [-0.4, -0.2) is 17.7 Å². The van der Waals surface area contributed by atoms with Crippen LogP contribution < -0.4 is 0 Å². The second kappa shape index (κ2) is 5.71. The van der Waals surface area contributed by atoms with Crippen molar-refractivity contribution in [1.82, 2.24) is 0 Å². The molecule has 0 saturated heterocycles. The highest BCUT2D eigenvalue weighted by Crippen LogP contribution is 2.36. The molecule has 3 nitrogen and oxygen atoms in total. The Morgan fingerprint density at radius 2 is 2.11 bits per heavy atom. The van der Waals surface area contributed by atoms with Crippen molar-refractivity contribution in [3.05, 3.63) is 33.8 Å². The molecule has 0 fully saturated rings. The van der Waals surface area contributed by atoms with Gasteiger partial charge in [0.15, 0.2) is 6.10 Å². The van der Waals surface area contributed by atoms with Gasteiger partial charge in [-0.1, -0.05) is 22.0 Å². The number of carbonyl (C=O) groups excluding carboxylic acids is 1. The number of halogens is 4. The van der Waals surface area contributed by atoms with Crippen LogP contribution in [0.15, 0.2) is 22.7 Å². The molecule has 0 radical (unpaired) electrons. The number of rotatable bonds is 3. The quantitative estimate of drug-likeness (QED) is 0.868. The number of alkyl halides is 3. The first kappa shape index (κ1) is 15.0. The molecular formula is C11H10BrF3O3. The normalized spacial score (nSPS) is 13.2. The molecule has 0 aromatic heterocycles.